The van der Waals surface area contributed by atoms with Crippen LogP contribution in [0.4, 0.5) is 11.4 Å². The van der Waals surface area contributed by atoms with E-state index in [1.54, 1.807) is 18.2 Å². The Morgan fingerprint density at radius 3 is 2.70 bits per heavy atom. The normalized spacial score (nSPS) is 15.9. The van der Waals surface area contributed by atoms with Crippen LogP contribution < -0.4 is 10.6 Å². The quantitative estimate of drug-likeness (QED) is 0.595. The lowest BCUT2D eigenvalue weighted by Gasteiger charge is -2.23. The molecule has 0 spiro atoms. The molecule has 3 N–H and O–H groups in total. The number of aliphatic hydroxyl groups excluding tert-OH is 1. The SMILES string of the molecule is O=C(Nc1ccc2c(c1)NC(=O)C(CO)C2)c1ccc2cc(Br)ccc2c1. The van der Waals surface area contributed by atoms with E-state index in [-0.39, 0.29) is 18.4 Å². The molecule has 0 fully saturated rings. The fourth-order valence-electron chi connectivity index (χ4n) is 3.25. The number of nitrogens with one attached hydrogen (secondary N) is 2. The van der Waals surface area contributed by atoms with Crippen molar-refractivity contribution in [3.05, 3.63) is 70.2 Å². The Bertz CT molecular complexity index is 1060. The van der Waals surface area contributed by atoms with Crippen LogP contribution in [0.5, 0.6) is 0 Å². The number of hydrogen-bond acceptors (Lipinski definition) is 3. The molecule has 27 heavy (non-hydrogen) atoms. The maximum atomic E-state index is 12.6. The average Bonchev–Trinajstić information content (AvgIpc) is 2.66. The number of fused-ring (bicyclic) bond motifs is 2. The molecule has 3 aromatic rings. The number of amides is 2. The molecule has 0 radical (unpaired) electrons. The monoisotopic (exact) mass is 424 g/mol. The first kappa shape index (κ1) is 17.7. The van der Waals surface area contributed by atoms with Gasteiger partial charge in [-0.25, -0.2) is 0 Å². The summed E-state index contributed by atoms with van der Waals surface area (Å²) in [4.78, 5) is 24.5. The van der Waals surface area contributed by atoms with E-state index in [2.05, 4.69) is 26.6 Å². The van der Waals surface area contributed by atoms with Crippen molar-refractivity contribution in [3.8, 4) is 0 Å². The number of carbonyl (C=O) groups is 2. The van der Waals surface area contributed by atoms with Gasteiger partial charge in [0, 0.05) is 21.4 Å². The van der Waals surface area contributed by atoms with Gasteiger partial charge in [0.2, 0.25) is 5.91 Å². The first-order valence-corrected chi connectivity index (χ1v) is 9.38. The van der Waals surface area contributed by atoms with E-state index < -0.39 is 5.92 Å². The van der Waals surface area contributed by atoms with Crippen LogP contribution in [0, 0.1) is 5.92 Å². The summed E-state index contributed by atoms with van der Waals surface area (Å²) >= 11 is 3.44. The van der Waals surface area contributed by atoms with E-state index in [9.17, 15) is 14.7 Å². The molecule has 0 bridgehead atoms. The molecule has 1 aliphatic heterocycles. The van der Waals surface area contributed by atoms with Crippen LogP contribution >= 0.6 is 15.9 Å². The van der Waals surface area contributed by atoms with Gasteiger partial charge in [-0.3, -0.25) is 9.59 Å². The minimum Gasteiger partial charge on any atom is -0.396 e. The second-order valence-electron chi connectivity index (χ2n) is 6.61. The summed E-state index contributed by atoms with van der Waals surface area (Å²) in [5, 5.41) is 17.0. The molecule has 0 aromatic heterocycles. The van der Waals surface area contributed by atoms with Crippen molar-refractivity contribution >= 4 is 49.9 Å². The van der Waals surface area contributed by atoms with Crippen LogP contribution in [-0.4, -0.2) is 23.5 Å². The maximum Gasteiger partial charge on any atom is 0.255 e. The summed E-state index contributed by atoms with van der Waals surface area (Å²) in [5.74, 6) is -0.833. The van der Waals surface area contributed by atoms with E-state index in [1.807, 2.05) is 36.4 Å². The Morgan fingerprint density at radius 2 is 1.89 bits per heavy atom. The van der Waals surface area contributed by atoms with Crippen molar-refractivity contribution in [1.82, 2.24) is 0 Å². The lowest BCUT2D eigenvalue weighted by Crippen LogP contribution is -2.32. The zero-order valence-electron chi connectivity index (χ0n) is 14.3. The van der Waals surface area contributed by atoms with E-state index in [4.69, 9.17) is 0 Å². The molecule has 1 unspecified atom stereocenters. The number of benzene rings is 3. The van der Waals surface area contributed by atoms with Crippen LogP contribution in [0.15, 0.2) is 59.1 Å². The van der Waals surface area contributed by atoms with Crippen LogP contribution in [0.2, 0.25) is 0 Å². The average molecular weight is 425 g/mol. The molecule has 0 saturated heterocycles. The van der Waals surface area contributed by atoms with E-state index in [0.717, 1.165) is 20.8 Å². The van der Waals surface area contributed by atoms with Gasteiger partial charge in [0.05, 0.1) is 12.5 Å². The molecule has 136 valence electrons. The number of rotatable bonds is 3. The highest BCUT2D eigenvalue weighted by Crippen LogP contribution is 2.29. The largest absolute Gasteiger partial charge is 0.396 e. The molecule has 1 atom stereocenters. The number of carbonyl (C=O) groups excluding carboxylic acids is 2. The van der Waals surface area contributed by atoms with E-state index in [1.165, 1.54) is 0 Å². The third-order valence-electron chi connectivity index (χ3n) is 4.75. The highest BCUT2D eigenvalue weighted by atomic mass is 79.9. The molecule has 5 nitrogen and oxygen atoms in total. The number of aliphatic hydroxyl groups is 1. The first-order chi connectivity index (χ1) is 13.0. The van der Waals surface area contributed by atoms with Crippen LogP contribution in [-0.2, 0) is 11.2 Å². The lowest BCUT2D eigenvalue weighted by atomic mass is 9.93. The van der Waals surface area contributed by atoms with Gasteiger partial charge in [-0.05, 0) is 59.2 Å². The van der Waals surface area contributed by atoms with Gasteiger partial charge in [-0.2, -0.15) is 0 Å². The summed E-state index contributed by atoms with van der Waals surface area (Å²) in [7, 11) is 0. The van der Waals surface area contributed by atoms with Crippen molar-refractivity contribution in [2.24, 2.45) is 5.92 Å². The van der Waals surface area contributed by atoms with Crippen molar-refractivity contribution in [1.29, 1.82) is 0 Å². The third kappa shape index (κ3) is 3.59. The Labute approximate surface area is 164 Å². The summed E-state index contributed by atoms with van der Waals surface area (Å²) in [5.41, 5.74) is 2.79. The summed E-state index contributed by atoms with van der Waals surface area (Å²) < 4.78 is 0.992. The molecule has 1 aliphatic rings. The van der Waals surface area contributed by atoms with E-state index >= 15 is 0 Å². The smallest absolute Gasteiger partial charge is 0.255 e. The van der Waals surface area contributed by atoms with Gasteiger partial charge in [-0.15, -0.1) is 0 Å². The van der Waals surface area contributed by atoms with Gasteiger partial charge in [-0.1, -0.05) is 34.1 Å². The lowest BCUT2D eigenvalue weighted by molar-refractivity contribution is -0.121. The Kier molecular flexibility index (Phi) is 4.68. The highest BCUT2D eigenvalue weighted by molar-refractivity contribution is 9.10. The topological polar surface area (TPSA) is 78.4 Å². The maximum absolute atomic E-state index is 12.6. The summed E-state index contributed by atoms with van der Waals surface area (Å²) in [6.07, 6.45) is 0.492. The number of halogens is 1. The molecular weight excluding hydrogens is 408 g/mol. The Morgan fingerprint density at radius 1 is 1.11 bits per heavy atom. The molecule has 6 heteroatoms. The minimum absolute atomic E-state index is 0.178. The zero-order valence-corrected chi connectivity index (χ0v) is 15.9. The fourth-order valence-corrected chi connectivity index (χ4v) is 3.63. The minimum atomic E-state index is -0.421. The highest BCUT2D eigenvalue weighted by Gasteiger charge is 2.25. The third-order valence-corrected chi connectivity index (χ3v) is 5.24. The van der Waals surface area contributed by atoms with Crippen molar-refractivity contribution in [2.45, 2.75) is 6.42 Å². The van der Waals surface area contributed by atoms with Crippen LogP contribution in [0.25, 0.3) is 10.8 Å². The first-order valence-electron chi connectivity index (χ1n) is 8.59. The van der Waals surface area contributed by atoms with Gasteiger partial charge >= 0.3 is 0 Å². The van der Waals surface area contributed by atoms with Crippen molar-refractivity contribution < 1.29 is 14.7 Å². The van der Waals surface area contributed by atoms with Gasteiger partial charge in [0.15, 0.2) is 0 Å². The van der Waals surface area contributed by atoms with Gasteiger partial charge in [0.1, 0.15) is 0 Å². The summed E-state index contributed by atoms with van der Waals surface area (Å²) in [6, 6.07) is 16.9. The van der Waals surface area contributed by atoms with Crippen molar-refractivity contribution in [3.63, 3.8) is 0 Å². The fraction of sp³-hybridized carbons (Fsp3) is 0.143. The van der Waals surface area contributed by atoms with E-state index in [0.29, 0.717) is 23.4 Å². The zero-order chi connectivity index (χ0) is 19.0. The predicted octanol–water partition coefficient (Wildman–Crippen LogP) is 3.96. The van der Waals surface area contributed by atoms with Crippen molar-refractivity contribution in [2.75, 3.05) is 17.2 Å². The van der Waals surface area contributed by atoms with Crippen LogP contribution in [0.1, 0.15) is 15.9 Å². The second-order valence-corrected chi connectivity index (χ2v) is 7.52. The Hall–Kier alpha value is -2.70. The van der Waals surface area contributed by atoms with Gasteiger partial charge in [0.25, 0.3) is 5.91 Å². The molecule has 4 rings (SSSR count). The molecule has 0 aliphatic carbocycles. The molecule has 0 saturated carbocycles. The second kappa shape index (κ2) is 7.13. The number of hydrogen-bond donors (Lipinski definition) is 3. The molecule has 3 aromatic carbocycles. The Balaban J connectivity index is 1.56. The molecular formula is C21H17BrN2O3. The summed E-state index contributed by atoms with van der Waals surface area (Å²) in [6.45, 7) is -0.178. The molecule has 2 amide bonds. The molecule has 1 heterocycles. The standard InChI is InChI=1S/C21H17BrN2O3/c22-17-5-3-12-7-15(2-1-13(12)9-17)20(26)23-18-6-4-14-8-16(11-25)21(27)24-19(14)10-18/h1-7,9-10,16,25H,8,11H2,(H,23,26)(H,24,27). The number of anilines is 2. The predicted molar refractivity (Wildman–Crippen MR) is 109 cm³/mol. The van der Waals surface area contributed by atoms with Crippen LogP contribution in [0.3, 0.4) is 0 Å². The van der Waals surface area contributed by atoms with Gasteiger partial charge < -0.3 is 15.7 Å².